The summed E-state index contributed by atoms with van der Waals surface area (Å²) in [6.45, 7) is 2.97. The van der Waals surface area contributed by atoms with Crippen molar-refractivity contribution in [2.45, 2.75) is 25.9 Å². The Morgan fingerprint density at radius 1 is 1.06 bits per heavy atom. The summed E-state index contributed by atoms with van der Waals surface area (Å²) in [7, 11) is 1.67. The number of likely N-dealkylation sites (tertiary alicyclic amines) is 1. The molecule has 0 atom stereocenters. The Bertz CT molecular complexity index is 953. The van der Waals surface area contributed by atoms with E-state index in [9.17, 15) is 19.2 Å². The number of hydrazine groups is 1. The number of amides is 3. The predicted octanol–water partition coefficient (Wildman–Crippen LogP) is 2.94. The number of nitrogens with zero attached hydrogens (tertiary/aromatic N) is 2. The number of piperidine rings is 1. The number of nitrogens with one attached hydrogen (secondary N) is 1. The van der Waals surface area contributed by atoms with Crippen LogP contribution in [-0.2, 0) is 9.47 Å². The minimum Gasteiger partial charge on any atom is -0.381 e. The summed E-state index contributed by atoms with van der Waals surface area (Å²) < 4.78 is 10.1. The quantitative estimate of drug-likeness (QED) is 0.419. The van der Waals surface area contributed by atoms with Crippen molar-refractivity contribution in [2.24, 2.45) is 0 Å². The number of hydrogen-bond acceptors (Lipinski definition) is 7. The van der Waals surface area contributed by atoms with Gasteiger partial charge in [0.15, 0.2) is 0 Å². The summed E-state index contributed by atoms with van der Waals surface area (Å²) in [5.41, 5.74) is 3.42. The lowest BCUT2D eigenvalue weighted by Crippen LogP contribution is -2.46. The number of methoxy groups -OCH3 is 1. The van der Waals surface area contributed by atoms with E-state index in [4.69, 9.17) is 9.47 Å². The average Bonchev–Trinajstić information content (AvgIpc) is 3.37. The van der Waals surface area contributed by atoms with Crippen LogP contribution in [0, 0.1) is 0 Å². The van der Waals surface area contributed by atoms with E-state index in [1.807, 2.05) is 0 Å². The number of carbonyl (C=O) groups excluding carboxylic acids is 4. The number of thiophene rings is 1. The topological polar surface area (TPSA) is 105 Å². The minimum atomic E-state index is -0.983. The number of carbonyl (C=O) groups is 4. The molecule has 1 fully saturated rings. The molecule has 10 heteroatoms. The van der Waals surface area contributed by atoms with E-state index in [1.54, 1.807) is 41.8 Å². The zero-order chi connectivity index (χ0) is 23.1. The van der Waals surface area contributed by atoms with Crippen LogP contribution in [-0.4, -0.2) is 66.6 Å². The highest BCUT2D eigenvalue weighted by Crippen LogP contribution is 2.16. The summed E-state index contributed by atoms with van der Waals surface area (Å²) in [6.07, 6.45) is 0.781. The molecule has 0 spiro atoms. The first-order valence-electron chi connectivity index (χ1n) is 10.2. The van der Waals surface area contributed by atoms with Crippen molar-refractivity contribution in [3.63, 3.8) is 0 Å². The van der Waals surface area contributed by atoms with Gasteiger partial charge in [0.05, 0.1) is 11.7 Å². The number of esters is 1. The maximum atomic E-state index is 12.7. The van der Waals surface area contributed by atoms with Crippen molar-refractivity contribution in [3.05, 3.63) is 57.8 Å². The third-order valence-corrected chi connectivity index (χ3v) is 5.85. The van der Waals surface area contributed by atoms with Crippen LogP contribution in [0.2, 0.25) is 0 Å². The number of rotatable bonds is 5. The maximum absolute atomic E-state index is 12.7. The van der Waals surface area contributed by atoms with Gasteiger partial charge in [0.25, 0.3) is 11.8 Å². The van der Waals surface area contributed by atoms with Gasteiger partial charge < -0.3 is 14.4 Å². The van der Waals surface area contributed by atoms with Crippen LogP contribution in [0.15, 0.2) is 41.1 Å². The van der Waals surface area contributed by atoms with Gasteiger partial charge in [-0.3, -0.25) is 15.0 Å². The van der Waals surface area contributed by atoms with E-state index < -0.39 is 18.0 Å². The van der Waals surface area contributed by atoms with Crippen molar-refractivity contribution < 1.29 is 28.7 Å². The molecule has 0 unspecified atom stereocenters. The largest absolute Gasteiger partial charge is 0.436 e. The van der Waals surface area contributed by atoms with Gasteiger partial charge in [-0.05, 0) is 55.5 Å². The first kappa shape index (κ1) is 23.4. The second kappa shape index (κ2) is 10.9. The van der Waals surface area contributed by atoms with Crippen LogP contribution in [0.1, 0.15) is 50.8 Å². The third kappa shape index (κ3) is 5.71. The van der Waals surface area contributed by atoms with E-state index in [0.717, 1.165) is 17.9 Å². The lowest BCUT2D eigenvalue weighted by atomic mass is 10.1. The summed E-state index contributed by atoms with van der Waals surface area (Å²) in [5.74, 6) is -1.45. The van der Waals surface area contributed by atoms with Crippen LogP contribution in [0.25, 0.3) is 0 Å². The SMILES string of the molecule is CCN(NC(=O)c1ccc(C(=O)N2CCC(OC)CC2)cc1)C(=O)OC(=O)c1ccsc1. The van der Waals surface area contributed by atoms with Crippen LogP contribution in [0.5, 0.6) is 0 Å². The van der Waals surface area contributed by atoms with Gasteiger partial charge in [-0.25, -0.2) is 14.6 Å². The molecule has 2 heterocycles. The highest BCUT2D eigenvalue weighted by molar-refractivity contribution is 7.08. The Labute approximate surface area is 189 Å². The second-order valence-electron chi connectivity index (χ2n) is 7.16. The van der Waals surface area contributed by atoms with Gasteiger partial charge in [-0.1, -0.05) is 0 Å². The molecule has 3 amide bonds. The molecule has 1 N–H and O–H groups in total. The van der Waals surface area contributed by atoms with Crippen LogP contribution < -0.4 is 5.43 Å². The van der Waals surface area contributed by atoms with Crippen molar-refractivity contribution in [1.82, 2.24) is 15.3 Å². The molecular weight excluding hydrogens is 434 g/mol. The van der Waals surface area contributed by atoms with Crippen molar-refractivity contribution >= 4 is 35.2 Å². The first-order chi connectivity index (χ1) is 15.4. The highest BCUT2D eigenvalue weighted by Gasteiger charge is 2.24. The smallest absolute Gasteiger partial charge is 0.381 e. The van der Waals surface area contributed by atoms with Gasteiger partial charge >= 0.3 is 12.1 Å². The molecule has 1 aromatic heterocycles. The lowest BCUT2D eigenvalue weighted by molar-refractivity contribution is 0.0350. The molecule has 3 rings (SSSR count). The fourth-order valence-corrected chi connectivity index (χ4v) is 3.88. The zero-order valence-corrected chi connectivity index (χ0v) is 18.7. The third-order valence-electron chi connectivity index (χ3n) is 5.17. The van der Waals surface area contributed by atoms with Gasteiger partial charge in [-0.2, -0.15) is 11.3 Å². The molecule has 9 nitrogen and oxygen atoms in total. The lowest BCUT2D eigenvalue weighted by Gasteiger charge is -2.31. The number of hydrogen-bond donors (Lipinski definition) is 1. The molecule has 1 saturated heterocycles. The Morgan fingerprint density at radius 3 is 2.28 bits per heavy atom. The summed E-state index contributed by atoms with van der Waals surface area (Å²) in [5, 5.41) is 4.16. The van der Waals surface area contributed by atoms with Gasteiger partial charge in [0.2, 0.25) is 0 Å². The zero-order valence-electron chi connectivity index (χ0n) is 17.9. The summed E-state index contributed by atoms with van der Waals surface area (Å²) >= 11 is 1.30. The predicted molar refractivity (Wildman–Crippen MR) is 117 cm³/mol. The molecule has 1 aliphatic rings. The fourth-order valence-electron chi connectivity index (χ4n) is 3.26. The van der Waals surface area contributed by atoms with Crippen LogP contribution in [0.3, 0.4) is 0 Å². The molecule has 2 aromatic rings. The molecule has 1 aromatic carbocycles. The Hall–Kier alpha value is -3.24. The molecule has 0 saturated carbocycles. The normalized spacial score (nSPS) is 14.0. The standard InChI is InChI=1S/C22H25N3O6S/c1-3-25(22(29)31-21(28)17-10-13-32-14-17)23-19(26)15-4-6-16(7-5-15)20(27)24-11-8-18(30-2)9-12-24/h4-7,10,13-14,18H,3,8-9,11-12H2,1-2H3,(H,23,26). The van der Waals surface area contributed by atoms with Crippen molar-refractivity contribution in [3.8, 4) is 0 Å². The highest BCUT2D eigenvalue weighted by atomic mass is 32.1. The number of benzene rings is 1. The fraction of sp³-hybridized carbons (Fsp3) is 0.364. The van der Waals surface area contributed by atoms with Crippen LogP contribution >= 0.6 is 11.3 Å². The minimum absolute atomic E-state index is 0.0927. The molecule has 1 aliphatic heterocycles. The molecular formula is C22H25N3O6S. The average molecular weight is 460 g/mol. The maximum Gasteiger partial charge on any atom is 0.436 e. The van der Waals surface area contributed by atoms with Crippen molar-refractivity contribution in [1.29, 1.82) is 0 Å². The Kier molecular flexibility index (Phi) is 7.96. The van der Waals surface area contributed by atoms with Gasteiger partial charge in [-0.15, -0.1) is 0 Å². The van der Waals surface area contributed by atoms with E-state index in [1.165, 1.54) is 29.5 Å². The molecule has 170 valence electrons. The van der Waals surface area contributed by atoms with Gasteiger partial charge in [0, 0.05) is 43.3 Å². The monoisotopic (exact) mass is 459 g/mol. The number of ether oxygens (including phenoxy) is 2. The first-order valence-corrected chi connectivity index (χ1v) is 11.2. The second-order valence-corrected chi connectivity index (χ2v) is 7.94. The Balaban J connectivity index is 1.56. The van der Waals surface area contributed by atoms with Crippen LogP contribution in [0.4, 0.5) is 4.79 Å². The summed E-state index contributed by atoms with van der Waals surface area (Å²) in [6, 6.07) is 7.72. The van der Waals surface area contributed by atoms with E-state index in [0.29, 0.717) is 18.7 Å². The van der Waals surface area contributed by atoms with E-state index in [-0.39, 0.29) is 29.7 Å². The molecule has 0 aliphatic carbocycles. The molecule has 0 radical (unpaired) electrons. The molecule has 0 bridgehead atoms. The van der Waals surface area contributed by atoms with E-state index >= 15 is 0 Å². The van der Waals surface area contributed by atoms with Crippen molar-refractivity contribution in [2.75, 3.05) is 26.7 Å². The van der Waals surface area contributed by atoms with E-state index in [2.05, 4.69) is 5.43 Å². The molecule has 32 heavy (non-hydrogen) atoms. The Morgan fingerprint density at radius 2 is 1.72 bits per heavy atom. The van der Waals surface area contributed by atoms with Gasteiger partial charge in [0.1, 0.15) is 0 Å². The summed E-state index contributed by atoms with van der Waals surface area (Å²) in [4.78, 5) is 51.1.